The Morgan fingerprint density at radius 3 is 2.72 bits per heavy atom. The van der Waals surface area contributed by atoms with Crippen molar-refractivity contribution in [2.24, 2.45) is 11.8 Å². The molecule has 0 aliphatic heterocycles. The molecule has 96 valence electrons. The minimum Gasteiger partial charge on any atom is -0.349 e. The van der Waals surface area contributed by atoms with Crippen molar-refractivity contribution in [1.29, 1.82) is 0 Å². The van der Waals surface area contributed by atoms with Gasteiger partial charge in [0, 0.05) is 17.8 Å². The van der Waals surface area contributed by atoms with Crippen LogP contribution in [0.4, 0.5) is 11.4 Å². The number of nitrogens with one attached hydrogen (secondary N) is 2. The lowest BCUT2D eigenvalue weighted by Gasteiger charge is -2.07. The maximum Gasteiger partial charge on any atom is 0.282 e. The molecular formula is C11H14N4O3. The SMILES string of the molecule is CC1CC1NC(=O)c1cc(NN)ccc1[N+](=O)[O-]. The Bertz CT molecular complexity index is 503. The summed E-state index contributed by atoms with van der Waals surface area (Å²) in [6, 6.07) is 4.21. The summed E-state index contributed by atoms with van der Waals surface area (Å²) in [6.07, 6.45) is 0.911. The maximum atomic E-state index is 11.9. The summed E-state index contributed by atoms with van der Waals surface area (Å²) in [6.45, 7) is 2.01. The zero-order valence-electron chi connectivity index (χ0n) is 9.84. The van der Waals surface area contributed by atoms with E-state index in [-0.39, 0.29) is 17.3 Å². The van der Waals surface area contributed by atoms with Gasteiger partial charge in [0.2, 0.25) is 0 Å². The third kappa shape index (κ3) is 2.40. The fraction of sp³-hybridized carbons (Fsp3) is 0.364. The Hall–Kier alpha value is -2.15. The molecule has 4 N–H and O–H groups in total. The van der Waals surface area contributed by atoms with Crippen LogP contribution < -0.4 is 16.6 Å². The first-order valence-electron chi connectivity index (χ1n) is 5.59. The fourth-order valence-electron chi connectivity index (χ4n) is 1.74. The highest BCUT2D eigenvalue weighted by Gasteiger charge is 2.35. The third-order valence-corrected chi connectivity index (χ3v) is 3.03. The van der Waals surface area contributed by atoms with E-state index in [1.54, 1.807) is 0 Å². The van der Waals surface area contributed by atoms with Crippen LogP contribution in [0.25, 0.3) is 0 Å². The first-order valence-corrected chi connectivity index (χ1v) is 5.59. The van der Waals surface area contributed by atoms with Crippen molar-refractivity contribution in [3.63, 3.8) is 0 Å². The highest BCUT2D eigenvalue weighted by atomic mass is 16.6. The van der Waals surface area contributed by atoms with E-state index < -0.39 is 10.8 Å². The summed E-state index contributed by atoms with van der Waals surface area (Å²) in [4.78, 5) is 22.2. The number of nitro groups is 1. The van der Waals surface area contributed by atoms with E-state index in [9.17, 15) is 14.9 Å². The van der Waals surface area contributed by atoms with Gasteiger partial charge in [-0.3, -0.25) is 20.8 Å². The summed E-state index contributed by atoms with van der Waals surface area (Å²) in [5.74, 6) is 5.23. The van der Waals surface area contributed by atoms with Crippen molar-refractivity contribution in [3.05, 3.63) is 33.9 Å². The summed E-state index contributed by atoms with van der Waals surface area (Å²) in [5, 5.41) is 13.6. The second-order valence-corrected chi connectivity index (χ2v) is 4.43. The quantitative estimate of drug-likeness (QED) is 0.419. The molecule has 1 fully saturated rings. The number of carbonyl (C=O) groups excluding carboxylic acids is 1. The van der Waals surface area contributed by atoms with Crippen molar-refractivity contribution in [2.75, 3.05) is 5.43 Å². The second-order valence-electron chi connectivity index (χ2n) is 4.43. The molecule has 18 heavy (non-hydrogen) atoms. The molecule has 2 atom stereocenters. The van der Waals surface area contributed by atoms with E-state index in [4.69, 9.17) is 5.84 Å². The second kappa shape index (κ2) is 4.61. The molecule has 0 aromatic heterocycles. The number of anilines is 1. The largest absolute Gasteiger partial charge is 0.349 e. The number of nitro benzene ring substituents is 1. The fourth-order valence-corrected chi connectivity index (χ4v) is 1.74. The van der Waals surface area contributed by atoms with Gasteiger partial charge in [0.1, 0.15) is 5.56 Å². The predicted octanol–water partition coefficient (Wildman–Crippen LogP) is 1.02. The van der Waals surface area contributed by atoms with E-state index in [0.717, 1.165) is 6.42 Å². The molecule has 1 aromatic carbocycles. The maximum absolute atomic E-state index is 11.9. The van der Waals surface area contributed by atoms with Crippen LogP contribution in [-0.2, 0) is 0 Å². The molecular weight excluding hydrogens is 236 g/mol. The number of nitrogen functional groups attached to an aromatic ring is 1. The molecule has 2 rings (SSSR count). The van der Waals surface area contributed by atoms with E-state index in [1.807, 2.05) is 6.92 Å². The predicted molar refractivity (Wildman–Crippen MR) is 65.9 cm³/mol. The van der Waals surface area contributed by atoms with Crippen molar-refractivity contribution >= 4 is 17.3 Å². The van der Waals surface area contributed by atoms with E-state index in [0.29, 0.717) is 11.6 Å². The van der Waals surface area contributed by atoms with Gasteiger partial charge >= 0.3 is 0 Å². The van der Waals surface area contributed by atoms with Crippen molar-refractivity contribution in [2.45, 2.75) is 19.4 Å². The smallest absolute Gasteiger partial charge is 0.282 e. The van der Waals surface area contributed by atoms with Gasteiger partial charge in [-0.2, -0.15) is 0 Å². The Morgan fingerprint density at radius 1 is 1.56 bits per heavy atom. The van der Waals surface area contributed by atoms with Gasteiger partial charge in [-0.05, 0) is 24.5 Å². The van der Waals surface area contributed by atoms with Crippen molar-refractivity contribution < 1.29 is 9.72 Å². The lowest BCUT2D eigenvalue weighted by molar-refractivity contribution is -0.385. The van der Waals surface area contributed by atoms with Crippen LogP contribution in [0.3, 0.4) is 0 Å². The van der Waals surface area contributed by atoms with Crippen LogP contribution in [0.1, 0.15) is 23.7 Å². The normalized spacial score (nSPS) is 21.2. The minimum absolute atomic E-state index is 0.0227. The van der Waals surface area contributed by atoms with E-state index >= 15 is 0 Å². The van der Waals surface area contributed by atoms with Crippen molar-refractivity contribution in [3.8, 4) is 0 Å². The number of carbonyl (C=O) groups is 1. The molecule has 7 nitrogen and oxygen atoms in total. The van der Waals surface area contributed by atoms with Crippen LogP contribution in [0.2, 0.25) is 0 Å². The number of hydrogen-bond acceptors (Lipinski definition) is 5. The summed E-state index contributed by atoms with van der Waals surface area (Å²) in [7, 11) is 0. The molecule has 7 heteroatoms. The molecule has 0 radical (unpaired) electrons. The highest BCUT2D eigenvalue weighted by Crippen LogP contribution is 2.30. The van der Waals surface area contributed by atoms with Gasteiger partial charge in [0.15, 0.2) is 0 Å². The summed E-state index contributed by atoms with van der Waals surface area (Å²) < 4.78 is 0. The van der Waals surface area contributed by atoms with Gasteiger partial charge in [-0.15, -0.1) is 0 Å². The Balaban J connectivity index is 2.27. The Morgan fingerprint density at radius 2 is 2.22 bits per heavy atom. The van der Waals surface area contributed by atoms with Gasteiger partial charge < -0.3 is 10.7 Å². The molecule has 0 heterocycles. The number of benzene rings is 1. The number of hydrogen-bond donors (Lipinski definition) is 3. The molecule has 0 bridgehead atoms. The average molecular weight is 250 g/mol. The minimum atomic E-state index is -0.578. The molecule has 1 aliphatic rings. The summed E-state index contributed by atoms with van der Waals surface area (Å²) in [5.41, 5.74) is 2.62. The van der Waals surface area contributed by atoms with Crippen LogP contribution in [-0.4, -0.2) is 16.9 Å². The Kier molecular flexibility index (Phi) is 3.15. The lowest BCUT2D eigenvalue weighted by Crippen LogP contribution is -2.27. The summed E-state index contributed by atoms with van der Waals surface area (Å²) >= 11 is 0. The molecule has 0 spiro atoms. The first-order chi connectivity index (χ1) is 8.52. The van der Waals surface area contributed by atoms with E-state index in [2.05, 4.69) is 10.7 Å². The number of amides is 1. The van der Waals surface area contributed by atoms with E-state index in [1.165, 1.54) is 18.2 Å². The number of rotatable bonds is 4. The molecule has 1 aliphatic carbocycles. The van der Waals surface area contributed by atoms with Gasteiger partial charge in [-0.1, -0.05) is 6.92 Å². The van der Waals surface area contributed by atoms with Crippen LogP contribution in [0, 0.1) is 16.0 Å². The first kappa shape index (κ1) is 12.3. The molecule has 1 aromatic rings. The third-order valence-electron chi connectivity index (χ3n) is 3.03. The average Bonchev–Trinajstić information content (AvgIpc) is 3.03. The molecule has 0 saturated heterocycles. The molecule has 1 saturated carbocycles. The zero-order valence-corrected chi connectivity index (χ0v) is 9.84. The topological polar surface area (TPSA) is 110 Å². The monoisotopic (exact) mass is 250 g/mol. The molecule has 2 unspecified atom stereocenters. The molecule has 1 amide bonds. The van der Waals surface area contributed by atoms with Gasteiger partial charge in [-0.25, -0.2) is 0 Å². The number of nitrogens with zero attached hydrogens (tertiary/aromatic N) is 1. The van der Waals surface area contributed by atoms with Gasteiger partial charge in [0.25, 0.3) is 11.6 Å². The highest BCUT2D eigenvalue weighted by molar-refractivity contribution is 5.99. The van der Waals surface area contributed by atoms with Gasteiger partial charge in [0.05, 0.1) is 4.92 Å². The Labute approximate surface area is 103 Å². The van der Waals surface area contributed by atoms with Crippen LogP contribution in [0.5, 0.6) is 0 Å². The standard InChI is InChI=1S/C11H14N4O3/c1-6-4-9(6)13-11(16)8-5-7(14-12)2-3-10(8)15(17)18/h2-3,5-6,9,14H,4,12H2,1H3,(H,13,16). The number of hydrazine groups is 1. The van der Waals surface area contributed by atoms with Crippen molar-refractivity contribution in [1.82, 2.24) is 5.32 Å². The number of nitrogens with two attached hydrogens (primary N) is 1. The lowest BCUT2D eigenvalue weighted by atomic mass is 10.1. The van der Waals surface area contributed by atoms with Crippen LogP contribution in [0.15, 0.2) is 18.2 Å². The zero-order chi connectivity index (χ0) is 13.3. The van der Waals surface area contributed by atoms with Crippen LogP contribution >= 0.6 is 0 Å².